The lowest BCUT2D eigenvalue weighted by molar-refractivity contribution is -0.138. The van der Waals surface area contributed by atoms with E-state index in [-0.39, 0.29) is 53.5 Å². The predicted octanol–water partition coefficient (Wildman–Crippen LogP) is 7.01. The van der Waals surface area contributed by atoms with Gasteiger partial charge < -0.3 is 25.8 Å². The normalized spacial score (nSPS) is 20.5. The zero-order valence-electron chi connectivity index (χ0n) is 45.3. The fourth-order valence-corrected chi connectivity index (χ4v) is 12.6. The Morgan fingerprint density at radius 3 is 2.39 bits per heavy atom. The van der Waals surface area contributed by atoms with Crippen molar-refractivity contribution < 1.29 is 23.2 Å². The number of amides is 3. The minimum absolute atomic E-state index is 0.0121. The van der Waals surface area contributed by atoms with E-state index in [1.807, 2.05) is 41.4 Å². The predicted molar refractivity (Wildman–Crippen MR) is 301 cm³/mol. The zero-order valence-corrected chi connectivity index (χ0v) is 45.3. The Kier molecular flexibility index (Phi) is 14.5. The van der Waals surface area contributed by atoms with Gasteiger partial charge in [-0.2, -0.15) is 5.10 Å². The Bertz CT molecular complexity index is 3520. The molecule has 10 heterocycles. The van der Waals surface area contributed by atoms with Crippen LogP contribution in [0.4, 0.5) is 31.8 Å². The van der Waals surface area contributed by atoms with E-state index >= 15 is 8.78 Å². The molecule has 4 fully saturated rings. The first-order valence-electron chi connectivity index (χ1n) is 27.8. The van der Waals surface area contributed by atoms with E-state index in [1.54, 1.807) is 40.9 Å². The molecule has 4 saturated heterocycles. The van der Waals surface area contributed by atoms with Crippen molar-refractivity contribution in [3.05, 3.63) is 131 Å². The zero-order chi connectivity index (χ0) is 55.2. The summed E-state index contributed by atoms with van der Waals surface area (Å²) in [7, 11) is 0. The largest absolute Gasteiger partial charge is 0.384 e. The molecular formula is C60H65F2N15O3. The summed E-state index contributed by atoms with van der Waals surface area (Å²) in [6.45, 7) is 12.1. The smallest absolute Gasteiger partial charge is 0.243 e. The molecule has 412 valence electrons. The fraction of sp³-hybridized carbons (Fsp3) is 0.400. The van der Waals surface area contributed by atoms with Crippen molar-refractivity contribution in [3.63, 3.8) is 0 Å². The summed E-state index contributed by atoms with van der Waals surface area (Å²) in [5.74, 6) is 6.90. The first-order chi connectivity index (χ1) is 38.8. The number of nitrogen functional groups attached to an aromatic ring is 1. The minimum atomic E-state index is -0.655. The second kappa shape index (κ2) is 22.1. The molecule has 18 nitrogen and oxygen atoms in total. The van der Waals surface area contributed by atoms with Crippen LogP contribution in [0, 0.1) is 36.3 Å². The molecule has 0 saturated carbocycles. The number of hydrogen-bond donors (Lipinski definition) is 3. The van der Waals surface area contributed by atoms with Crippen molar-refractivity contribution in [3.8, 4) is 28.8 Å². The van der Waals surface area contributed by atoms with Crippen molar-refractivity contribution in [1.29, 1.82) is 0 Å². The van der Waals surface area contributed by atoms with E-state index in [9.17, 15) is 14.4 Å². The molecule has 4 N–H and O–H groups in total. The summed E-state index contributed by atoms with van der Waals surface area (Å²) >= 11 is 0. The topological polar surface area (TPSA) is 192 Å². The Morgan fingerprint density at radius 1 is 0.863 bits per heavy atom. The van der Waals surface area contributed by atoms with Crippen LogP contribution in [0.2, 0.25) is 0 Å². The van der Waals surface area contributed by atoms with Gasteiger partial charge in [-0.25, -0.2) is 28.7 Å². The summed E-state index contributed by atoms with van der Waals surface area (Å²) in [4.78, 5) is 66.9. The molecule has 0 radical (unpaired) electrons. The molecule has 3 amide bonds. The lowest BCUT2D eigenvalue weighted by Crippen LogP contribution is -2.57. The highest BCUT2D eigenvalue weighted by atomic mass is 19.1. The molecule has 3 atom stereocenters. The van der Waals surface area contributed by atoms with Gasteiger partial charge in [0.25, 0.3) is 0 Å². The summed E-state index contributed by atoms with van der Waals surface area (Å²) in [6.07, 6.45) is 11.6. The van der Waals surface area contributed by atoms with Crippen LogP contribution in [0.15, 0.2) is 91.5 Å². The number of aryl methyl sites for hydroxylation is 1. The number of rotatable bonds is 11. The third-order valence-electron chi connectivity index (χ3n) is 16.8. The Balaban J connectivity index is 0.587. The van der Waals surface area contributed by atoms with Crippen LogP contribution in [-0.4, -0.2) is 131 Å². The van der Waals surface area contributed by atoms with Gasteiger partial charge in [-0.3, -0.25) is 38.7 Å². The van der Waals surface area contributed by atoms with Crippen molar-refractivity contribution >= 4 is 51.9 Å². The number of imide groups is 1. The number of carbonyl (C=O) groups excluding carboxylic acids is 3. The summed E-state index contributed by atoms with van der Waals surface area (Å²) in [5.41, 5.74) is 14.0. The highest BCUT2D eigenvalue weighted by molar-refractivity contribution is 6.00. The maximum absolute atomic E-state index is 16.2. The van der Waals surface area contributed by atoms with E-state index in [1.165, 1.54) is 23.3 Å². The standard InChI is InChI=1S/C60H65F2N15O3/c1-37-32-74(57-48(61)27-46(28-49(57)62)77-39(3)68-52-11-10-50(69-58(52)77)43-15-20-64-54(63)26-43)33-38(2)75(37)21-5-6-40-9-13-55(66-29-40)71-22-16-42(17-23-71)60(80)72-24-18-45(19-25-72)76-34-41(31-67-76)30-65-51-8-4-7-44-35-73(36-47(44)51)53-12-14-56(78)70-59(53)79/h4,7-11,13,15,20,26-29,31,34,37-38,42,45,53,65H,12,14,16-19,21-25,30,32-33,35-36H2,1-3H3,(H2,63,64)(H,70,78,79)/t37-,38+,53?. The summed E-state index contributed by atoms with van der Waals surface area (Å²) in [6, 6.07) is 20.0. The molecule has 0 spiro atoms. The van der Waals surface area contributed by atoms with Gasteiger partial charge in [0, 0.05) is 136 Å². The van der Waals surface area contributed by atoms with Gasteiger partial charge in [-0.1, -0.05) is 24.0 Å². The van der Waals surface area contributed by atoms with Crippen LogP contribution >= 0.6 is 0 Å². The lowest BCUT2D eigenvalue weighted by atomic mass is 9.93. The first-order valence-corrected chi connectivity index (χ1v) is 27.8. The van der Waals surface area contributed by atoms with Crippen molar-refractivity contribution in [1.82, 2.24) is 54.3 Å². The number of carbonyl (C=O) groups is 3. The number of pyridine rings is 3. The number of piperazine rings is 1. The second-order valence-electron chi connectivity index (χ2n) is 22.1. The van der Waals surface area contributed by atoms with Gasteiger partial charge in [0.15, 0.2) is 17.3 Å². The Morgan fingerprint density at radius 2 is 1.65 bits per heavy atom. The number of nitrogens with two attached hydrogens (primary N) is 1. The number of nitrogens with one attached hydrogen (secondary N) is 2. The number of aromatic nitrogens is 7. The molecular weight excluding hydrogens is 1020 g/mol. The quantitative estimate of drug-likeness (QED) is 0.0886. The molecule has 12 rings (SSSR count). The molecule has 5 aliphatic rings. The highest BCUT2D eigenvalue weighted by Crippen LogP contribution is 2.35. The summed E-state index contributed by atoms with van der Waals surface area (Å²) < 4.78 is 36.0. The SMILES string of the molecule is Cc1nc2ccc(-c3ccnc(N)c3)nc2n1-c1cc(F)c(N2C[C@@H](C)N(CC#Cc3ccc(N4CCC(C(=O)N5CCC(n6cc(CNc7cccc8c7CN(C7CCC(=O)NC7=O)C8)cn6)CC5)CC4)nc3)[C@@H](C)C2)c(F)c1. The number of nitrogens with zero attached hydrogens (tertiary/aromatic N) is 12. The summed E-state index contributed by atoms with van der Waals surface area (Å²) in [5, 5.41) is 10.8. The second-order valence-corrected chi connectivity index (χ2v) is 22.1. The monoisotopic (exact) mass is 1080 g/mol. The van der Waals surface area contributed by atoms with Crippen LogP contribution < -0.4 is 26.2 Å². The van der Waals surface area contributed by atoms with Crippen LogP contribution in [0.25, 0.3) is 28.1 Å². The van der Waals surface area contributed by atoms with Gasteiger partial charge >= 0.3 is 0 Å². The van der Waals surface area contributed by atoms with Crippen LogP contribution in [0.5, 0.6) is 0 Å². The number of imidazole rings is 1. The Labute approximate surface area is 463 Å². The first kappa shape index (κ1) is 52.4. The molecule has 80 heavy (non-hydrogen) atoms. The van der Waals surface area contributed by atoms with E-state index < -0.39 is 11.6 Å². The van der Waals surface area contributed by atoms with E-state index in [4.69, 9.17) is 20.8 Å². The van der Waals surface area contributed by atoms with Gasteiger partial charge in [0.1, 0.15) is 28.7 Å². The van der Waals surface area contributed by atoms with Gasteiger partial charge in [0.05, 0.1) is 36.2 Å². The van der Waals surface area contributed by atoms with Gasteiger partial charge in [0.2, 0.25) is 17.7 Å². The van der Waals surface area contributed by atoms with Crippen molar-refractivity contribution in [2.75, 3.05) is 66.7 Å². The minimum Gasteiger partial charge on any atom is -0.384 e. The number of halogens is 2. The van der Waals surface area contributed by atoms with E-state index in [0.29, 0.717) is 99.4 Å². The van der Waals surface area contributed by atoms with Crippen LogP contribution in [0.1, 0.15) is 86.5 Å². The molecule has 20 heteroatoms. The van der Waals surface area contributed by atoms with E-state index in [2.05, 4.69) is 84.0 Å². The molecule has 5 aliphatic heterocycles. The third kappa shape index (κ3) is 10.7. The fourth-order valence-electron chi connectivity index (χ4n) is 12.6. The van der Waals surface area contributed by atoms with E-state index in [0.717, 1.165) is 67.0 Å². The van der Waals surface area contributed by atoms with Crippen molar-refractivity contribution in [2.24, 2.45) is 5.92 Å². The molecule has 0 bridgehead atoms. The van der Waals surface area contributed by atoms with Crippen molar-refractivity contribution in [2.45, 2.75) is 103 Å². The van der Waals surface area contributed by atoms with Crippen LogP contribution in [0.3, 0.4) is 0 Å². The Hall–Kier alpha value is -8.28. The van der Waals surface area contributed by atoms with Gasteiger partial charge in [-0.05, 0) is 106 Å². The lowest BCUT2D eigenvalue weighted by Gasteiger charge is -2.44. The molecule has 1 unspecified atom stereocenters. The molecule has 5 aromatic heterocycles. The number of likely N-dealkylation sites (tertiary alicyclic amines) is 1. The maximum atomic E-state index is 16.2. The molecule has 7 aromatic rings. The maximum Gasteiger partial charge on any atom is 0.243 e. The highest BCUT2D eigenvalue weighted by Gasteiger charge is 2.37. The molecule has 2 aromatic carbocycles. The average molecular weight is 1080 g/mol. The number of anilines is 4. The average Bonchev–Trinajstić information content (AvgIpc) is 4.40. The number of hydrogen-bond acceptors (Lipinski definition) is 14. The number of fused-ring (bicyclic) bond motifs is 2. The van der Waals surface area contributed by atoms with Gasteiger partial charge in [-0.15, -0.1) is 0 Å². The molecule has 0 aliphatic carbocycles. The number of piperidine rings is 3. The van der Waals surface area contributed by atoms with Crippen LogP contribution in [-0.2, 0) is 34.0 Å². The number of benzene rings is 2. The third-order valence-corrected chi connectivity index (χ3v) is 16.8.